The third-order valence-electron chi connectivity index (χ3n) is 4.78. The molecule has 5 nitrogen and oxygen atoms in total. The lowest BCUT2D eigenvalue weighted by Gasteiger charge is -2.16. The number of amides is 2. The highest BCUT2D eigenvalue weighted by molar-refractivity contribution is 6.18. The second-order valence-electron chi connectivity index (χ2n) is 6.56. The maximum atomic E-state index is 12.8. The van der Waals surface area contributed by atoms with Gasteiger partial charge in [-0.15, -0.1) is 0 Å². The number of carbonyl (C=O) groups excluding carboxylic acids is 2. The molecule has 1 aliphatic carbocycles. The van der Waals surface area contributed by atoms with Gasteiger partial charge in [0.05, 0.1) is 0 Å². The number of benzene rings is 3. The Bertz CT molecular complexity index is 986. The molecule has 1 saturated carbocycles. The van der Waals surface area contributed by atoms with Gasteiger partial charge in [-0.05, 0) is 48.6 Å². The van der Waals surface area contributed by atoms with E-state index in [1.54, 1.807) is 12.1 Å². The van der Waals surface area contributed by atoms with Gasteiger partial charge in [-0.3, -0.25) is 9.59 Å². The van der Waals surface area contributed by atoms with Crippen LogP contribution in [0.3, 0.4) is 0 Å². The smallest absolute Gasteiger partial charge is 0.240 e. The molecule has 4 rings (SSSR count). The van der Waals surface area contributed by atoms with Crippen molar-refractivity contribution in [1.82, 2.24) is 0 Å². The van der Waals surface area contributed by atoms with Crippen molar-refractivity contribution in [3.63, 3.8) is 0 Å². The van der Waals surface area contributed by atoms with E-state index in [1.807, 2.05) is 42.5 Å². The van der Waals surface area contributed by atoms with Crippen LogP contribution in [0.1, 0.15) is 12.8 Å². The number of hydrogen-bond donors (Lipinski definition) is 3. The molecule has 0 radical (unpaired) electrons. The van der Waals surface area contributed by atoms with Crippen molar-refractivity contribution in [3.8, 4) is 5.75 Å². The first-order valence-corrected chi connectivity index (χ1v) is 8.48. The Hall–Kier alpha value is -3.34. The van der Waals surface area contributed by atoms with Crippen molar-refractivity contribution in [2.45, 2.75) is 12.8 Å². The van der Waals surface area contributed by atoms with E-state index in [1.165, 1.54) is 12.1 Å². The molecule has 5 heteroatoms. The molecule has 1 fully saturated rings. The summed E-state index contributed by atoms with van der Waals surface area (Å²) in [6.45, 7) is 0. The molecule has 1 aliphatic rings. The lowest BCUT2D eigenvalue weighted by atomic mass is 10.0. The summed E-state index contributed by atoms with van der Waals surface area (Å²) in [4.78, 5) is 25.5. The van der Waals surface area contributed by atoms with Crippen LogP contribution in [-0.2, 0) is 9.59 Å². The van der Waals surface area contributed by atoms with Crippen LogP contribution in [-0.4, -0.2) is 16.9 Å². The number of carbonyl (C=O) groups is 2. The third-order valence-corrected chi connectivity index (χ3v) is 4.78. The molecule has 0 atom stereocenters. The summed E-state index contributed by atoms with van der Waals surface area (Å²) in [7, 11) is 0. The molecule has 0 heterocycles. The number of anilines is 2. The standard InChI is InChI=1S/C21H18N2O3/c24-16-10-8-15(9-11-16)22-19(25)21(12-13-21)20(26)23-18-7-3-5-14-4-1-2-6-17(14)18/h1-11,24H,12-13H2,(H,22,25)(H,23,26). The molecular weight excluding hydrogens is 328 g/mol. The minimum Gasteiger partial charge on any atom is -0.508 e. The first-order chi connectivity index (χ1) is 12.6. The van der Waals surface area contributed by atoms with Crippen LogP contribution in [0.2, 0.25) is 0 Å². The molecule has 0 spiro atoms. The van der Waals surface area contributed by atoms with E-state index in [2.05, 4.69) is 10.6 Å². The molecule has 130 valence electrons. The molecule has 0 bridgehead atoms. The van der Waals surface area contributed by atoms with Crippen LogP contribution < -0.4 is 10.6 Å². The van der Waals surface area contributed by atoms with E-state index >= 15 is 0 Å². The molecule has 0 aliphatic heterocycles. The average Bonchev–Trinajstić information content (AvgIpc) is 3.46. The Morgan fingerprint density at radius 1 is 0.808 bits per heavy atom. The van der Waals surface area contributed by atoms with Crippen LogP contribution in [0.5, 0.6) is 5.75 Å². The highest BCUT2D eigenvalue weighted by atomic mass is 16.3. The number of rotatable bonds is 4. The molecule has 0 aromatic heterocycles. The third kappa shape index (κ3) is 2.88. The number of hydrogen-bond acceptors (Lipinski definition) is 3. The van der Waals surface area contributed by atoms with Crippen molar-refractivity contribution in [2.24, 2.45) is 5.41 Å². The minimum absolute atomic E-state index is 0.123. The predicted molar refractivity (Wildman–Crippen MR) is 101 cm³/mol. The molecule has 0 unspecified atom stereocenters. The molecule has 3 N–H and O–H groups in total. The molecule has 2 amide bonds. The Balaban J connectivity index is 1.53. The van der Waals surface area contributed by atoms with Gasteiger partial charge >= 0.3 is 0 Å². The zero-order chi connectivity index (χ0) is 18.1. The van der Waals surface area contributed by atoms with Crippen molar-refractivity contribution in [2.75, 3.05) is 10.6 Å². The first kappa shape index (κ1) is 16.1. The normalized spacial score (nSPS) is 14.6. The Morgan fingerprint density at radius 2 is 1.46 bits per heavy atom. The molecule has 3 aromatic rings. The fraction of sp³-hybridized carbons (Fsp3) is 0.143. The molecular formula is C21H18N2O3. The summed E-state index contributed by atoms with van der Waals surface area (Å²) in [6, 6.07) is 19.7. The first-order valence-electron chi connectivity index (χ1n) is 8.48. The maximum absolute atomic E-state index is 12.8. The van der Waals surface area contributed by atoms with Gasteiger partial charge in [0.25, 0.3) is 0 Å². The van der Waals surface area contributed by atoms with E-state index in [-0.39, 0.29) is 17.6 Å². The fourth-order valence-electron chi connectivity index (χ4n) is 3.05. The monoisotopic (exact) mass is 346 g/mol. The van der Waals surface area contributed by atoms with Gasteiger partial charge in [-0.25, -0.2) is 0 Å². The van der Waals surface area contributed by atoms with Crippen LogP contribution in [0.4, 0.5) is 11.4 Å². The summed E-state index contributed by atoms with van der Waals surface area (Å²) >= 11 is 0. The Kier molecular flexibility index (Phi) is 3.84. The van der Waals surface area contributed by atoms with E-state index in [0.29, 0.717) is 24.2 Å². The van der Waals surface area contributed by atoms with Gasteiger partial charge in [-0.1, -0.05) is 36.4 Å². The SMILES string of the molecule is O=C(Nc1ccc(O)cc1)C1(C(=O)Nc2cccc3ccccc23)CC1. The van der Waals surface area contributed by atoms with Gasteiger partial charge < -0.3 is 15.7 Å². The van der Waals surface area contributed by atoms with E-state index in [0.717, 1.165) is 10.8 Å². The Morgan fingerprint density at radius 3 is 2.19 bits per heavy atom. The zero-order valence-corrected chi connectivity index (χ0v) is 14.0. The minimum atomic E-state index is -1.03. The predicted octanol–water partition coefficient (Wildman–Crippen LogP) is 3.90. The number of phenolic OH excluding ortho intramolecular Hbond substituents is 1. The Labute approximate surface area is 150 Å². The van der Waals surface area contributed by atoms with Gasteiger partial charge in [0.1, 0.15) is 11.2 Å². The van der Waals surface area contributed by atoms with Crippen LogP contribution in [0.15, 0.2) is 66.7 Å². The fourth-order valence-corrected chi connectivity index (χ4v) is 3.05. The zero-order valence-electron chi connectivity index (χ0n) is 14.0. The number of aromatic hydroxyl groups is 1. The second-order valence-corrected chi connectivity index (χ2v) is 6.56. The number of fused-ring (bicyclic) bond motifs is 1. The summed E-state index contributed by atoms with van der Waals surface area (Å²) in [6.07, 6.45) is 1.04. The maximum Gasteiger partial charge on any atom is 0.240 e. The van der Waals surface area contributed by atoms with Gasteiger partial charge in [0.15, 0.2) is 0 Å². The highest BCUT2D eigenvalue weighted by Gasteiger charge is 2.56. The van der Waals surface area contributed by atoms with Crippen LogP contribution in [0, 0.1) is 5.41 Å². The van der Waals surface area contributed by atoms with Gasteiger partial charge in [0, 0.05) is 16.8 Å². The van der Waals surface area contributed by atoms with Gasteiger partial charge in [0.2, 0.25) is 11.8 Å². The molecule has 26 heavy (non-hydrogen) atoms. The summed E-state index contributed by atoms with van der Waals surface area (Å²) < 4.78 is 0. The van der Waals surface area contributed by atoms with E-state index in [9.17, 15) is 14.7 Å². The van der Waals surface area contributed by atoms with Crippen molar-refractivity contribution in [3.05, 3.63) is 66.7 Å². The average molecular weight is 346 g/mol. The van der Waals surface area contributed by atoms with Gasteiger partial charge in [-0.2, -0.15) is 0 Å². The summed E-state index contributed by atoms with van der Waals surface area (Å²) in [5.41, 5.74) is 0.225. The number of nitrogens with one attached hydrogen (secondary N) is 2. The topological polar surface area (TPSA) is 78.4 Å². The lowest BCUT2D eigenvalue weighted by Crippen LogP contribution is -2.35. The quantitative estimate of drug-likeness (QED) is 0.495. The lowest BCUT2D eigenvalue weighted by molar-refractivity contribution is -0.131. The van der Waals surface area contributed by atoms with Crippen LogP contribution >= 0.6 is 0 Å². The van der Waals surface area contributed by atoms with Crippen molar-refractivity contribution >= 4 is 34.0 Å². The van der Waals surface area contributed by atoms with E-state index < -0.39 is 5.41 Å². The summed E-state index contributed by atoms with van der Waals surface area (Å²) in [5.74, 6) is -0.483. The molecule has 0 saturated heterocycles. The van der Waals surface area contributed by atoms with Crippen molar-refractivity contribution < 1.29 is 14.7 Å². The largest absolute Gasteiger partial charge is 0.508 e. The van der Waals surface area contributed by atoms with E-state index in [4.69, 9.17) is 0 Å². The molecule has 3 aromatic carbocycles. The number of phenols is 1. The second kappa shape index (κ2) is 6.19. The summed E-state index contributed by atoms with van der Waals surface area (Å²) in [5, 5.41) is 17.0. The highest BCUT2D eigenvalue weighted by Crippen LogP contribution is 2.47. The van der Waals surface area contributed by atoms with Crippen LogP contribution in [0.25, 0.3) is 10.8 Å². The van der Waals surface area contributed by atoms with Crippen molar-refractivity contribution in [1.29, 1.82) is 0 Å².